The third-order valence-corrected chi connectivity index (χ3v) is 6.83. The number of carbonyl (C=O) groups is 2. The van der Waals surface area contributed by atoms with Gasteiger partial charge in [-0.25, -0.2) is 4.98 Å². The Bertz CT molecular complexity index is 964. The van der Waals surface area contributed by atoms with Crippen LogP contribution >= 0.6 is 11.3 Å². The Hall–Kier alpha value is -2.22. The molecular formula is C19H23N3O4S. The Morgan fingerprint density at radius 2 is 2.19 bits per heavy atom. The molecule has 0 saturated carbocycles. The van der Waals surface area contributed by atoms with Crippen molar-refractivity contribution in [3.05, 3.63) is 26.6 Å². The topological polar surface area (TPSA) is 103 Å². The Morgan fingerprint density at radius 3 is 2.93 bits per heavy atom. The number of aryl methyl sites for hydroxylation is 2. The predicted octanol–water partition coefficient (Wildman–Crippen LogP) is 1.98. The van der Waals surface area contributed by atoms with Crippen molar-refractivity contribution in [3.63, 3.8) is 0 Å². The average molecular weight is 389 g/mol. The first-order valence-corrected chi connectivity index (χ1v) is 10.3. The minimum absolute atomic E-state index is 0.0826. The van der Waals surface area contributed by atoms with Crippen LogP contribution in [0.5, 0.6) is 0 Å². The van der Waals surface area contributed by atoms with Crippen molar-refractivity contribution in [1.29, 1.82) is 0 Å². The van der Waals surface area contributed by atoms with E-state index in [0.717, 1.165) is 35.0 Å². The van der Waals surface area contributed by atoms with Gasteiger partial charge < -0.3 is 15.0 Å². The summed E-state index contributed by atoms with van der Waals surface area (Å²) < 4.78 is 0. The van der Waals surface area contributed by atoms with Gasteiger partial charge in [-0.3, -0.25) is 14.4 Å². The molecule has 2 aromatic heterocycles. The number of aliphatic carboxylic acids is 1. The maximum Gasteiger partial charge on any atom is 0.308 e. The Kier molecular flexibility index (Phi) is 4.75. The van der Waals surface area contributed by atoms with Crippen LogP contribution in [0.25, 0.3) is 10.2 Å². The molecule has 0 spiro atoms. The van der Waals surface area contributed by atoms with Crippen LogP contribution in [0, 0.1) is 11.8 Å². The maximum absolute atomic E-state index is 12.6. The summed E-state index contributed by atoms with van der Waals surface area (Å²) in [4.78, 5) is 47.0. The second-order valence-corrected chi connectivity index (χ2v) is 8.79. The van der Waals surface area contributed by atoms with Crippen LogP contribution in [0.4, 0.5) is 0 Å². The fraction of sp³-hybridized carbons (Fsp3) is 0.579. The number of hydrogen-bond donors (Lipinski definition) is 2. The van der Waals surface area contributed by atoms with E-state index in [1.54, 1.807) is 16.2 Å². The van der Waals surface area contributed by atoms with E-state index in [0.29, 0.717) is 31.1 Å². The molecule has 1 aliphatic heterocycles. The number of nitrogens with zero attached hydrogens (tertiary/aromatic N) is 2. The van der Waals surface area contributed by atoms with Gasteiger partial charge >= 0.3 is 5.97 Å². The monoisotopic (exact) mass is 389 g/mol. The van der Waals surface area contributed by atoms with Gasteiger partial charge in [-0.2, -0.15) is 0 Å². The molecule has 144 valence electrons. The van der Waals surface area contributed by atoms with Crippen molar-refractivity contribution in [2.24, 2.45) is 11.8 Å². The number of fused-ring (bicyclic) bond motifs is 3. The van der Waals surface area contributed by atoms with Gasteiger partial charge in [0.2, 0.25) is 5.91 Å². The van der Waals surface area contributed by atoms with E-state index in [4.69, 9.17) is 5.11 Å². The molecule has 3 heterocycles. The molecule has 1 amide bonds. The number of aromatic nitrogens is 2. The van der Waals surface area contributed by atoms with Crippen LogP contribution in [0.3, 0.4) is 0 Å². The highest BCUT2D eigenvalue weighted by molar-refractivity contribution is 7.18. The third-order valence-electron chi connectivity index (χ3n) is 5.68. The number of rotatable bonds is 4. The van der Waals surface area contributed by atoms with Gasteiger partial charge in [0.1, 0.15) is 10.7 Å². The van der Waals surface area contributed by atoms with Crippen LogP contribution in [0.1, 0.15) is 42.5 Å². The lowest BCUT2D eigenvalue weighted by Crippen LogP contribution is -2.30. The summed E-state index contributed by atoms with van der Waals surface area (Å²) in [6.45, 7) is 2.98. The number of carbonyl (C=O) groups excluding carboxylic acids is 1. The van der Waals surface area contributed by atoms with E-state index < -0.39 is 11.9 Å². The number of H-pyrrole nitrogens is 1. The molecule has 0 aromatic carbocycles. The summed E-state index contributed by atoms with van der Waals surface area (Å²) in [5.41, 5.74) is 1.04. The van der Waals surface area contributed by atoms with Crippen molar-refractivity contribution in [2.45, 2.75) is 45.4 Å². The van der Waals surface area contributed by atoms with E-state index in [1.807, 2.05) is 0 Å². The van der Waals surface area contributed by atoms with Crippen LogP contribution in [0.2, 0.25) is 0 Å². The van der Waals surface area contributed by atoms with Crippen LogP contribution in [-0.4, -0.2) is 44.9 Å². The molecule has 7 nitrogen and oxygen atoms in total. The predicted molar refractivity (Wildman–Crippen MR) is 102 cm³/mol. The first kappa shape index (κ1) is 18.2. The van der Waals surface area contributed by atoms with Gasteiger partial charge in [0.15, 0.2) is 0 Å². The Morgan fingerprint density at radius 1 is 1.37 bits per heavy atom. The zero-order valence-electron chi connectivity index (χ0n) is 15.3. The number of hydrogen-bond acceptors (Lipinski definition) is 5. The molecule has 2 N–H and O–H groups in total. The molecule has 2 aliphatic rings. The first-order chi connectivity index (χ1) is 12.9. The summed E-state index contributed by atoms with van der Waals surface area (Å²) in [7, 11) is 0. The Balaban J connectivity index is 1.48. The quantitative estimate of drug-likeness (QED) is 0.832. The zero-order chi connectivity index (χ0) is 19.1. The number of amides is 1. The highest BCUT2D eigenvalue weighted by atomic mass is 32.1. The molecule has 0 radical (unpaired) electrons. The summed E-state index contributed by atoms with van der Waals surface area (Å²) in [5.74, 6) is -0.236. The largest absolute Gasteiger partial charge is 0.481 e. The summed E-state index contributed by atoms with van der Waals surface area (Å²) in [6, 6.07) is 0. The minimum Gasteiger partial charge on any atom is -0.481 e. The number of aromatic amines is 1. The van der Waals surface area contributed by atoms with Crippen molar-refractivity contribution >= 4 is 33.4 Å². The zero-order valence-corrected chi connectivity index (χ0v) is 16.1. The minimum atomic E-state index is -0.849. The summed E-state index contributed by atoms with van der Waals surface area (Å²) >= 11 is 1.60. The molecule has 2 unspecified atom stereocenters. The van der Waals surface area contributed by atoms with Crippen LogP contribution < -0.4 is 5.56 Å². The van der Waals surface area contributed by atoms with E-state index in [-0.39, 0.29) is 24.4 Å². The van der Waals surface area contributed by atoms with Crippen molar-refractivity contribution in [1.82, 2.24) is 14.9 Å². The number of nitrogens with one attached hydrogen (secondary N) is 1. The molecular weight excluding hydrogens is 366 g/mol. The lowest BCUT2D eigenvalue weighted by Gasteiger charge is -2.17. The van der Waals surface area contributed by atoms with Gasteiger partial charge in [-0.1, -0.05) is 6.92 Å². The lowest BCUT2D eigenvalue weighted by molar-refractivity contribution is -0.141. The molecule has 1 aliphatic carbocycles. The molecule has 0 bridgehead atoms. The molecule has 2 aromatic rings. The number of carboxylic acid groups (broad SMARTS) is 1. The van der Waals surface area contributed by atoms with Gasteiger partial charge in [0, 0.05) is 30.8 Å². The lowest BCUT2D eigenvalue weighted by atomic mass is 9.89. The number of carboxylic acids is 1. The van der Waals surface area contributed by atoms with Crippen molar-refractivity contribution in [3.8, 4) is 0 Å². The van der Waals surface area contributed by atoms with E-state index in [2.05, 4.69) is 16.9 Å². The van der Waals surface area contributed by atoms with Crippen LogP contribution in [-0.2, 0) is 28.9 Å². The SMILES string of the molecule is CC1CCc2c(sc3nc(CCC(=O)N4CCC(C(=O)O)C4)[nH]c(=O)c23)C1. The van der Waals surface area contributed by atoms with Gasteiger partial charge in [-0.15, -0.1) is 11.3 Å². The standard InChI is InChI=1S/C19H23N3O4S/c1-10-2-3-12-13(8-10)27-18-16(12)17(24)20-14(21-18)4-5-15(23)22-7-6-11(9-22)19(25)26/h10-11H,2-9H2,1H3,(H,25,26)(H,20,21,24). The Labute approximate surface area is 160 Å². The highest BCUT2D eigenvalue weighted by Crippen LogP contribution is 2.35. The molecule has 1 fully saturated rings. The maximum atomic E-state index is 12.6. The average Bonchev–Trinajstić information content (AvgIpc) is 3.24. The fourth-order valence-corrected chi connectivity index (χ4v) is 5.49. The summed E-state index contributed by atoms with van der Waals surface area (Å²) in [5, 5.41) is 9.77. The highest BCUT2D eigenvalue weighted by Gasteiger charge is 2.30. The molecule has 1 saturated heterocycles. The summed E-state index contributed by atoms with van der Waals surface area (Å²) in [6.07, 6.45) is 4.12. The first-order valence-electron chi connectivity index (χ1n) is 9.46. The number of likely N-dealkylation sites (tertiary alicyclic amines) is 1. The second-order valence-electron chi connectivity index (χ2n) is 7.71. The van der Waals surface area contributed by atoms with Gasteiger partial charge in [-0.05, 0) is 37.2 Å². The third kappa shape index (κ3) is 3.50. The van der Waals surface area contributed by atoms with Crippen LogP contribution in [0.15, 0.2) is 4.79 Å². The van der Waals surface area contributed by atoms with Crippen molar-refractivity contribution in [2.75, 3.05) is 13.1 Å². The normalized spacial score (nSPS) is 22.2. The molecule has 8 heteroatoms. The molecule has 2 atom stereocenters. The fourth-order valence-electron chi connectivity index (χ4n) is 4.08. The van der Waals surface area contributed by atoms with E-state index in [1.165, 1.54) is 4.88 Å². The van der Waals surface area contributed by atoms with Gasteiger partial charge in [0.25, 0.3) is 5.56 Å². The van der Waals surface area contributed by atoms with Crippen molar-refractivity contribution < 1.29 is 14.7 Å². The van der Waals surface area contributed by atoms with E-state index in [9.17, 15) is 14.4 Å². The number of thiophene rings is 1. The molecule has 27 heavy (non-hydrogen) atoms. The molecule has 4 rings (SSSR count). The van der Waals surface area contributed by atoms with Gasteiger partial charge in [0.05, 0.1) is 11.3 Å². The smallest absolute Gasteiger partial charge is 0.308 e. The van der Waals surface area contributed by atoms with E-state index >= 15 is 0 Å². The second kappa shape index (κ2) is 7.07.